The van der Waals surface area contributed by atoms with Crippen LogP contribution in [-0.4, -0.2) is 26.9 Å². The molecule has 0 radical (unpaired) electrons. The number of unbranched alkanes of at least 4 members (excludes halogenated alkanes) is 3. The number of amides is 1. The van der Waals surface area contributed by atoms with Gasteiger partial charge in [-0.3, -0.25) is 29.3 Å². The Morgan fingerprint density at radius 3 is 2.52 bits per heavy atom. The predicted molar refractivity (Wildman–Crippen MR) is 120 cm³/mol. The highest BCUT2D eigenvalue weighted by molar-refractivity contribution is 6.32. The maximum absolute atomic E-state index is 13.3. The smallest absolute Gasteiger partial charge is 0.330 e. The number of aromatic nitrogens is 2. The van der Waals surface area contributed by atoms with Gasteiger partial charge in [0.2, 0.25) is 0 Å². The molecule has 0 atom stereocenters. The number of halogens is 1. The average molecular weight is 452 g/mol. The van der Waals surface area contributed by atoms with Gasteiger partial charge >= 0.3 is 5.69 Å². The van der Waals surface area contributed by atoms with Crippen molar-refractivity contribution >= 4 is 34.7 Å². The Bertz CT molecular complexity index is 1080. The van der Waals surface area contributed by atoms with Crippen molar-refractivity contribution in [3.63, 3.8) is 0 Å². The molecule has 1 aromatic carbocycles. The number of nitrogens with one attached hydrogen (secondary N) is 1. The molecular formula is C20H26ClN5O5. The van der Waals surface area contributed by atoms with E-state index in [9.17, 15) is 24.5 Å². The van der Waals surface area contributed by atoms with Gasteiger partial charge in [-0.05, 0) is 25.0 Å². The molecule has 3 N–H and O–H groups in total. The van der Waals surface area contributed by atoms with E-state index in [1.54, 1.807) is 0 Å². The molecule has 1 heterocycles. The fourth-order valence-electron chi connectivity index (χ4n) is 3.15. The molecule has 1 amide bonds. The summed E-state index contributed by atoms with van der Waals surface area (Å²) >= 11 is 5.85. The molecule has 0 unspecified atom stereocenters. The van der Waals surface area contributed by atoms with Gasteiger partial charge in [0, 0.05) is 24.7 Å². The minimum Gasteiger partial charge on any atom is -0.383 e. The van der Waals surface area contributed by atoms with Crippen LogP contribution in [0.1, 0.15) is 56.3 Å². The van der Waals surface area contributed by atoms with E-state index >= 15 is 0 Å². The van der Waals surface area contributed by atoms with Gasteiger partial charge in [-0.2, -0.15) is 0 Å². The van der Waals surface area contributed by atoms with Crippen molar-refractivity contribution in [2.75, 3.05) is 17.2 Å². The molecule has 0 saturated heterocycles. The first-order chi connectivity index (χ1) is 14.7. The van der Waals surface area contributed by atoms with E-state index in [-0.39, 0.29) is 35.2 Å². The van der Waals surface area contributed by atoms with E-state index in [1.165, 1.54) is 21.6 Å². The first kappa shape index (κ1) is 24.1. The van der Waals surface area contributed by atoms with Gasteiger partial charge in [0.05, 0.1) is 4.92 Å². The maximum atomic E-state index is 13.3. The molecule has 0 fully saturated rings. The maximum Gasteiger partial charge on any atom is 0.330 e. The molecule has 0 bridgehead atoms. The highest BCUT2D eigenvalue weighted by atomic mass is 35.5. The lowest BCUT2D eigenvalue weighted by atomic mass is 10.1. The van der Waals surface area contributed by atoms with Crippen LogP contribution in [0.3, 0.4) is 0 Å². The minimum atomic E-state index is -0.788. The fraction of sp³-hybridized carbons (Fsp3) is 0.450. The predicted octanol–water partition coefficient (Wildman–Crippen LogP) is 3.32. The van der Waals surface area contributed by atoms with Gasteiger partial charge in [0.1, 0.15) is 10.8 Å². The second-order valence-electron chi connectivity index (χ2n) is 7.09. The number of nitro groups is 1. The first-order valence-electron chi connectivity index (χ1n) is 10.1. The second-order valence-corrected chi connectivity index (χ2v) is 7.49. The Balaban J connectivity index is 2.61. The summed E-state index contributed by atoms with van der Waals surface area (Å²) in [4.78, 5) is 52.1. The van der Waals surface area contributed by atoms with Crippen LogP contribution in [0.25, 0.3) is 0 Å². The summed E-state index contributed by atoms with van der Waals surface area (Å²) < 4.78 is 1.23. The van der Waals surface area contributed by atoms with Gasteiger partial charge in [0.15, 0.2) is 5.69 Å². The van der Waals surface area contributed by atoms with E-state index in [4.69, 9.17) is 17.3 Å². The summed E-state index contributed by atoms with van der Waals surface area (Å²) in [7, 11) is 0. The normalized spacial score (nSPS) is 10.8. The number of hydrogen-bond acceptors (Lipinski definition) is 6. The Morgan fingerprint density at radius 2 is 1.90 bits per heavy atom. The molecule has 0 aliphatic heterocycles. The summed E-state index contributed by atoms with van der Waals surface area (Å²) in [5, 5.41) is 11.1. The van der Waals surface area contributed by atoms with Gasteiger partial charge in [0.25, 0.3) is 17.2 Å². The lowest BCUT2D eigenvalue weighted by Gasteiger charge is -2.24. The highest BCUT2D eigenvalue weighted by Gasteiger charge is 2.26. The number of carbonyl (C=O) groups excluding carboxylic acids is 1. The number of aromatic amines is 1. The first-order valence-corrected chi connectivity index (χ1v) is 10.5. The monoisotopic (exact) mass is 451 g/mol. The van der Waals surface area contributed by atoms with E-state index in [0.717, 1.165) is 25.3 Å². The van der Waals surface area contributed by atoms with Crippen molar-refractivity contribution in [1.29, 1.82) is 0 Å². The molecule has 11 heteroatoms. The molecule has 0 saturated carbocycles. The van der Waals surface area contributed by atoms with Crippen LogP contribution < -0.4 is 21.9 Å². The number of rotatable bonds is 10. The van der Waals surface area contributed by atoms with Crippen molar-refractivity contribution in [1.82, 2.24) is 9.55 Å². The van der Waals surface area contributed by atoms with Crippen LogP contribution in [0.4, 0.5) is 17.2 Å². The Labute approximate surface area is 183 Å². The third-order valence-corrected chi connectivity index (χ3v) is 5.16. The van der Waals surface area contributed by atoms with Crippen LogP contribution in [0.2, 0.25) is 5.02 Å². The molecule has 0 aliphatic rings. The lowest BCUT2D eigenvalue weighted by Crippen LogP contribution is -2.41. The number of nitro benzene ring substituents is 1. The number of nitrogen functional groups attached to an aromatic ring is 1. The van der Waals surface area contributed by atoms with Crippen molar-refractivity contribution in [3.8, 4) is 0 Å². The summed E-state index contributed by atoms with van der Waals surface area (Å²) in [5.74, 6) is -0.760. The van der Waals surface area contributed by atoms with Gasteiger partial charge in [-0.1, -0.05) is 44.7 Å². The largest absolute Gasteiger partial charge is 0.383 e. The van der Waals surface area contributed by atoms with Crippen molar-refractivity contribution in [3.05, 3.63) is 59.7 Å². The molecule has 1 aromatic heterocycles. The van der Waals surface area contributed by atoms with Gasteiger partial charge < -0.3 is 10.6 Å². The number of benzene rings is 1. The SMILES string of the molecule is CCCCCN(C(=O)c1ccc(Cl)c([N+](=O)[O-])c1)c1c(N)n(CCCC)c(=O)[nH]c1=O. The van der Waals surface area contributed by atoms with E-state index in [2.05, 4.69) is 4.98 Å². The average Bonchev–Trinajstić information content (AvgIpc) is 2.72. The standard InChI is InChI=1S/C20H26ClN5O5/c1-3-5-7-11-24(19(28)13-8-9-14(21)15(12-13)26(30)31)16-17(22)25(10-6-4-2)20(29)23-18(16)27/h8-9,12H,3-7,10-11,22H2,1-2H3,(H,23,27,29). The molecule has 10 nitrogen and oxygen atoms in total. The van der Waals surface area contributed by atoms with Crippen molar-refractivity contribution in [2.45, 2.75) is 52.5 Å². The third-order valence-electron chi connectivity index (χ3n) is 4.84. The fourth-order valence-corrected chi connectivity index (χ4v) is 3.34. The molecule has 2 rings (SSSR count). The molecule has 31 heavy (non-hydrogen) atoms. The van der Waals surface area contributed by atoms with Crippen LogP contribution in [-0.2, 0) is 6.54 Å². The Kier molecular flexibility index (Phi) is 8.38. The van der Waals surface area contributed by atoms with Crippen molar-refractivity contribution < 1.29 is 9.72 Å². The summed E-state index contributed by atoms with van der Waals surface area (Å²) in [6, 6.07) is 3.67. The number of carbonyl (C=O) groups is 1. The number of H-pyrrole nitrogens is 1. The molecule has 168 valence electrons. The van der Waals surface area contributed by atoms with E-state index in [1.807, 2.05) is 13.8 Å². The van der Waals surface area contributed by atoms with Crippen molar-refractivity contribution in [2.24, 2.45) is 0 Å². The molecule has 2 aromatic rings. The summed E-state index contributed by atoms with van der Waals surface area (Å²) in [6.45, 7) is 4.37. The van der Waals surface area contributed by atoms with E-state index < -0.39 is 27.8 Å². The number of nitrogens with zero attached hydrogens (tertiary/aromatic N) is 3. The van der Waals surface area contributed by atoms with Gasteiger partial charge in [-0.15, -0.1) is 0 Å². The van der Waals surface area contributed by atoms with Crippen LogP contribution >= 0.6 is 11.6 Å². The number of nitrogens with two attached hydrogens (primary N) is 1. The van der Waals surface area contributed by atoms with Gasteiger partial charge in [-0.25, -0.2) is 4.79 Å². The number of anilines is 2. The Morgan fingerprint density at radius 1 is 1.23 bits per heavy atom. The highest BCUT2D eigenvalue weighted by Crippen LogP contribution is 2.27. The summed E-state index contributed by atoms with van der Waals surface area (Å²) in [6.07, 6.45) is 3.69. The second kappa shape index (κ2) is 10.8. The third kappa shape index (κ3) is 5.52. The lowest BCUT2D eigenvalue weighted by molar-refractivity contribution is -0.384. The quantitative estimate of drug-likeness (QED) is 0.322. The van der Waals surface area contributed by atoms with Crippen LogP contribution in [0.5, 0.6) is 0 Å². The van der Waals surface area contributed by atoms with E-state index in [0.29, 0.717) is 12.8 Å². The molecular weight excluding hydrogens is 426 g/mol. The Hall–Kier alpha value is -3.14. The minimum absolute atomic E-state index is 0.0160. The van der Waals surface area contributed by atoms with Crippen LogP contribution in [0.15, 0.2) is 27.8 Å². The number of hydrogen-bond donors (Lipinski definition) is 2. The zero-order chi connectivity index (χ0) is 23.1. The topological polar surface area (TPSA) is 144 Å². The molecule has 0 spiro atoms. The molecule has 0 aliphatic carbocycles. The zero-order valence-corrected chi connectivity index (χ0v) is 18.3. The zero-order valence-electron chi connectivity index (χ0n) is 17.5. The van der Waals surface area contributed by atoms with Crippen LogP contribution in [0, 0.1) is 10.1 Å². The summed E-state index contributed by atoms with van der Waals surface area (Å²) in [5.41, 5.74) is 4.15.